The van der Waals surface area contributed by atoms with Crippen molar-refractivity contribution in [3.05, 3.63) is 47.7 Å². The molecule has 0 bridgehead atoms. The highest BCUT2D eigenvalue weighted by atomic mass is 19.4. The molecule has 0 radical (unpaired) electrons. The minimum Gasteiger partial charge on any atom is -0.459 e. The fourth-order valence-corrected chi connectivity index (χ4v) is 2.09. The van der Waals surface area contributed by atoms with Gasteiger partial charge in [-0.3, -0.25) is 0 Å². The molecule has 0 aliphatic heterocycles. The van der Waals surface area contributed by atoms with Crippen LogP contribution < -0.4 is 5.32 Å². The maximum atomic E-state index is 12.7. The quantitative estimate of drug-likeness (QED) is 0.884. The zero-order chi connectivity index (χ0) is 14.8. The van der Waals surface area contributed by atoms with Gasteiger partial charge < -0.3 is 9.73 Å². The van der Waals surface area contributed by atoms with Crippen molar-refractivity contribution >= 4 is 0 Å². The highest BCUT2D eigenvalue weighted by Gasteiger charge is 2.30. The Morgan fingerprint density at radius 2 is 1.95 bits per heavy atom. The van der Waals surface area contributed by atoms with Gasteiger partial charge in [0.15, 0.2) is 0 Å². The maximum Gasteiger partial charge on any atom is 0.416 e. The molecule has 0 fully saturated rings. The lowest BCUT2D eigenvalue weighted by Crippen LogP contribution is -2.14. The van der Waals surface area contributed by atoms with E-state index in [1.165, 1.54) is 6.07 Å². The Hall–Kier alpha value is -1.75. The van der Waals surface area contributed by atoms with E-state index < -0.39 is 11.7 Å². The van der Waals surface area contributed by atoms with Crippen molar-refractivity contribution in [2.75, 3.05) is 7.05 Å². The predicted molar refractivity (Wildman–Crippen MR) is 71.2 cm³/mol. The van der Waals surface area contributed by atoms with Gasteiger partial charge in [-0.2, -0.15) is 13.2 Å². The molecule has 5 heteroatoms. The summed E-state index contributed by atoms with van der Waals surface area (Å²) >= 11 is 0. The van der Waals surface area contributed by atoms with Gasteiger partial charge in [0, 0.05) is 5.56 Å². The number of benzene rings is 1. The Kier molecular flexibility index (Phi) is 4.18. The van der Waals surface area contributed by atoms with Gasteiger partial charge in [0.25, 0.3) is 0 Å². The highest BCUT2D eigenvalue weighted by molar-refractivity contribution is 5.59. The lowest BCUT2D eigenvalue weighted by atomic mass is 10.1. The van der Waals surface area contributed by atoms with Crippen LogP contribution in [0.15, 0.2) is 40.8 Å². The van der Waals surface area contributed by atoms with Crippen LogP contribution in [0.1, 0.15) is 30.7 Å². The molecule has 1 unspecified atom stereocenters. The molecule has 0 amide bonds. The molecule has 0 saturated carbocycles. The van der Waals surface area contributed by atoms with Crippen LogP contribution in [-0.4, -0.2) is 7.05 Å². The smallest absolute Gasteiger partial charge is 0.416 e. The van der Waals surface area contributed by atoms with Gasteiger partial charge >= 0.3 is 6.18 Å². The van der Waals surface area contributed by atoms with E-state index in [1.54, 1.807) is 18.2 Å². The first-order chi connectivity index (χ1) is 9.45. The minimum absolute atomic E-state index is 0.0644. The molecule has 2 nitrogen and oxygen atoms in total. The third kappa shape index (κ3) is 3.04. The predicted octanol–water partition coefficient (Wildman–Crippen LogP) is 4.64. The van der Waals surface area contributed by atoms with Crippen molar-refractivity contribution in [3.8, 4) is 11.3 Å². The van der Waals surface area contributed by atoms with Gasteiger partial charge in [0.1, 0.15) is 11.5 Å². The van der Waals surface area contributed by atoms with Crippen LogP contribution in [0, 0.1) is 0 Å². The van der Waals surface area contributed by atoms with E-state index in [0.29, 0.717) is 11.3 Å². The molecule has 1 heterocycles. The fourth-order valence-electron chi connectivity index (χ4n) is 2.09. The number of furan rings is 1. The first-order valence-corrected chi connectivity index (χ1v) is 6.40. The van der Waals surface area contributed by atoms with Crippen LogP contribution in [-0.2, 0) is 6.18 Å². The summed E-state index contributed by atoms with van der Waals surface area (Å²) in [5.41, 5.74) is -0.245. The summed E-state index contributed by atoms with van der Waals surface area (Å²) < 4.78 is 43.7. The number of hydrogen-bond donors (Lipinski definition) is 1. The Morgan fingerprint density at radius 1 is 1.20 bits per heavy atom. The van der Waals surface area contributed by atoms with E-state index in [-0.39, 0.29) is 6.04 Å². The molecule has 0 aliphatic rings. The largest absolute Gasteiger partial charge is 0.459 e. The van der Waals surface area contributed by atoms with Crippen LogP contribution in [0.5, 0.6) is 0 Å². The summed E-state index contributed by atoms with van der Waals surface area (Å²) in [4.78, 5) is 0. The van der Waals surface area contributed by atoms with Crippen molar-refractivity contribution in [1.82, 2.24) is 5.32 Å². The third-order valence-electron chi connectivity index (χ3n) is 3.20. The molecule has 1 aromatic carbocycles. The minimum atomic E-state index is -4.34. The zero-order valence-electron chi connectivity index (χ0n) is 11.3. The van der Waals surface area contributed by atoms with Crippen LogP contribution in [0.4, 0.5) is 13.2 Å². The van der Waals surface area contributed by atoms with Crippen LogP contribution in [0.3, 0.4) is 0 Å². The Labute approximate surface area is 115 Å². The third-order valence-corrected chi connectivity index (χ3v) is 3.20. The van der Waals surface area contributed by atoms with Crippen molar-refractivity contribution in [1.29, 1.82) is 0 Å². The number of nitrogens with one attached hydrogen (secondary N) is 1. The number of rotatable bonds is 4. The summed E-state index contributed by atoms with van der Waals surface area (Å²) in [6.07, 6.45) is -3.51. The lowest BCUT2D eigenvalue weighted by molar-refractivity contribution is -0.137. The molecular formula is C15H16F3NO. The van der Waals surface area contributed by atoms with Crippen LogP contribution in [0.25, 0.3) is 11.3 Å². The molecule has 0 saturated heterocycles. The normalized spacial score (nSPS) is 13.4. The van der Waals surface area contributed by atoms with Gasteiger partial charge in [-0.05, 0) is 37.7 Å². The second-order valence-corrected chi connectivity index (χ2v) is 4.53. The number of halogens is 3. The second-order valence-electron chi connectivity index (χ2n) is 4.53. The molecule has 108 valence electrons. The first-order valence-electron chi connectivity index (χ1n) is 6.40. The van der Waals surface area contributed by atoms with E-state index >= 15 is 0 Å². The molecule has 1 atom stereocenters. The van der Waals surface area contributed by atoms with Crippen LogP contribution >= 0.6 is 0 Å². The van der Waals surface area contributed by atoms with E-state index in [0.717, 1.165) is 24.3 Å². The molecule has 1 aromatic heterocycles. The summed E-state index contributed by atoms with van der Waals surface area (Å²) in [6, 6.07) is 8.70. The Balaban J connectivity index is 2.33. The van der Waals surface area contributed by atoms with Crippen molar-refractivity contribution < 1.29 is 17.6 Å². The molecule has 0 spiro atoms. The SMILES string of the molecule is CCC(NC)c1ccc(-c2cccc(C(F)(F)F)c2)o1. The van der Waals surface area contributed by atoms with Gasteiger partial charge in [-0.1, -0.05) is 19.1 Å². The summed E-state index contributed by atoms with van der Waals surface area (Å²) in [7, 11) is 1.82. The molecule has 20 heavy (non-hydrogen) atoms. The van der Waals surface area contributed by atoms with Gasteiger partial charge in [-0.25, -0.2) is 0 Å². The molecule has 0 aliphatic carbocycles. The van der Waals surface area contributed by atoms with Crippen LogP contribution in [0.2, 0.25) is 0 Å². The fraction of sp³-hybridized carbons (Fsp3) is 0.333. The van der Waals surface area contributed by atoms with Gasteiger partial charge in [0.2, 0.25) is 0 Å². The Bertz CT molecular complexity index is 570. The topological polar surface area (TPSA) is 25.2 Å². The molecule has 1 N–H and O–H groups in total. The highest BCUT2D eigenvalue weighted by Crippen LogP contribution is 2.33. The Morgan fingerprint density at radius 3 is 2.55 bits per heavy atom. The van der Waals surface area contributed by atoms with Crippen molar-refractivity contribution in [2.24, 2.45) is 0 Å². The molecular weight excluding hydrogens is 267 g/mol. The summed E-state index contributed by atoms with van der Waals surface area (Å²) in [5, 5.41) is 3.09. The molecule has 2 aromatic rings. The van der Waals surface area contributed by atoms with Gasteiger partial charge in [0.05, 0.1) is 11.6 Å². The average Bonchev–Trinajstić information content (AvgIpc) is 2.89. The van der Waals surface area contributed by atoms with E-state index in [1.807, 2.05) is 14.0 Å². The molecule has 2 rings (SSSR count). The maximum absolute atomic E-state index is 12.7. The van der Waals surface area contributed by atoms with Crippen molar-refractivity contribution in [2.45, 2.75) is 25.6 Å². The first kappa shape index (κ1) is 14.7. The standard InChI is InChI=1S/C15H16F3NO/c1-3-12(19-2)14-8-7-13(20-14)10-5-4-6-11(9-10)15(16,17)18/h4-9,12,19H,3H2,1-2H3. The number of alkyl halides is 3. The van der Waals surface area contributed by atoms with Crippen molar-refractivity contribution in [3.63, 3.8) is 0 Å². The van der Waals surface area contributed by atoms with E-state index in [4.69, 9.17) is 4.42 Å². The second kappa shape index (κ2) is 5.71. The average molecular weight is 283 g/mol. The summed E-state index contributed by atoms with van der Waals surface area (Å²) in [6.45, 7) is 2.01. The van der Waals surface area contributed by atoms with E-state index in [2.05, 4.69) is 5.32 Å². The monoisotopic (exact) mass is 283 g/mol. The lowest BCUT2D eigenvalue weighted by Gasteiger charge is -2.10. The van der Waals surface area contributed by atoms with E-state index in [9.17, 15) is 13.2 Å². The van der Waals surface area contributed by atoms with Gasteiger partial charge in [-0.15, -0.1) is 0 Å². The summed E-state index contributed by atoms with van der Waals surface area (Å²) in [5.74, 6) is 1.17. The zero-order valence-corrected chi connectivity index (χ0v) is 11.3. The number of hydrogen-bond acceptors (Lipinski definition) is 2.